The number of rotatable bonds is 12. The number of hydrogen-bond acceptors (Lipinski definition) is 14. The van der Waals surface area contributed by atoms with Gasteiger partial charge in [0.25, 0.3) is 0 Å². The van der Waals surface area contributed by atoms with E-state index in [0.29, 0.717) is 90.4 Å². The second kappa shape index (κ2) is 16.0. The van der Waals surface area contributed by atoms with E-state index in [4.69, 9.17) is 48.9 Å². The minimum atomic E-state index is -0.129. The van der Waals surface area contributed by atoms with Gasteiger partial charge in [0.05, 0.1) is 46.0 Å². The molecule has 0 aliphatic carbocycles. The quantitative estimate of drug-likeness (QED) is 0.130. The molecule has 0 spiro atoms. The van der Waals surface area contributed by atoms with Gasteiger partial charge in [0.1, 0.15) is 68.4 Å². The predicted octanol–water partition coefficient (Wildman–Crippen LogP) is 7.25. The maximum atomic E-state index is 6.48. The molecule has 2 aromatic carbocycles. The highest BCUT2D eigenvalue weighted by molar-refractivity contribution is 6.13. The first kappa shape index (κ1) is 41.8. The molecule has 5 heterocycles. The molecular weight excluding hydrogens is 761 g/mol. The number of nitrogens with one attached hydrogen (secondary N) is 2. The number of nitrogens with zero attached hydrogens (tertiary/aromatic N) is 10. The number of benzene rings is 2. The van der Waals surface area contributed by atoms with Crippen LogP contribution in [0.2, 0.25) is 0 Å². The van der Waals surface area contributed by atoms with Gasteiger partial charge in [-0.25, -0.2) is 29.9 Å². The lowest BCUT2D eigenvalue weighted by Crippen LogP contribution is -2.17. The van der Waals surface area contributed by atoms with Crippen LogP contribution in [0.5, 0.6) is 23.0 Å². The third-order valence-electron chi connectivity index (χ3n) is 9.51. The zero-order valence-corrected chi connectivity index (χ0v) is 37.7. The maximum absolute atomic E-state index is 6.48. The van der Waals surface area contributed by atoms with Gasteiger partial charge in [-0.2, -0.15) is 0 Å². The molecule has 16 heteroatoms. The SMILES string of the molecule is CC(C)Oc1ccc(OC(C)C)c2c3nc4nc(nc5[nH]c(nc6nc(nc([nH]3)c12)C(N(C)C)=C6N(C)C)c1c(OC(C)C)ccc(OC(C)C)c51)C(N(C)C)=C4N(C)C. The molecule has 5 aromatic rings. The van der Waals surface area contributed by atoms with Crippen LogP contribution in [0.3, 0.4) is 0 Å². The first-order valence-electron chi connectivity index (χ1n) is 20.4. The third kappa shape index (κ3) is 7.66. The number of ether oxygens (including phenoxy) is 4. The molecular formula is C44H58N12O4. The van der Waals surface area contributed by atoms with Gasteiger partial charge < -0.3 is 48.5 Å². The van der Waals surface area contributed by atoms with Crippen molar-refractivity contribution in [3.63, 3.8) is 0 Å². The van der Waals surface area contributed by atoms with Crippen molar-refractivity contribution >= 4 is 66.9 Å². The largest absolute Gasteiger partial charge is 0.490 e. The molecule has 0 unspecified atom stereocenters. The number of aromatic nitrogens is 8. The van der Waals surface area contributed by atoms with Crippen LogP contribution in [-0.2, 0) is 0 Å². The Balaban J connectivity index is 1.80. The molecule has 0 saturated heterocycles. The van der Waals surface area contributed by atoms with Gasteiger partial charge in [-0.3, -0.25) is 0 Å². The van der Waals surface area contributed by atoms with Crippen LogP contribution in [0.25, 0.3) is 66.9 Å². The van der Waals surface area contributed by atoms with Crippen molar-refractivity contribution in [2.45, 2.75) is 79.8 Å². The lowest BCUT2D eigenvalue weighted by atomic mass is 10.1. The Hall–Kier alpha value is -6.32. The van der Waals surface area contributed by atoms with Gasteiger partial charge in [0, 0.05) is 56.4 Å². The molecule has 2 aliphatic rings. The summed E-state index contributed by atoms with van der Waals surface area (Å²) in [6, 6.07) is 7.69. The summed E-state index contributed by atoms with van der Waals surface area (Å²) >= 11 is 0. The Morgan fingerprint density at radius 3 is 0.717 bits per heavy atom. The average molecular weight is 819 g/mol. The second-order valence-corrected chi connectivity index (χ2v) is 16.9. The fourth-order valence-corrected chi connectivity index (χ4v) is 7.51. The van der Waals surface area contributed by atoms with E-state index in [1.165, 1.54) is 0 Å². The van der Waals surface area contributed by atoms with Crippen molar-refractivity contribution in [3.05, 3.63) is 47.6 Å². The summed E-state index contributed by atoms with van der Waals surface area (Å²) in [5.74, 6) is 4.25. The molecule has 8 bridgehead atoms. The summed E-state index contributed by atoms with van der Waals surface area (Å²) in [6.45, 7) is 16.0. The van der Waals surface area contributed by atoms with Gasteiger partial charge in [0.2, 0.25) is 0 Å². The molecule has 7 rings (SSSR count). The molecule has 60 heavy (non-hydrogen) atoms. The highest BCUT2D eigenvalue weighted by Gasteiger charge is 2.31. The fourth-order valence-electron chi connectivity index (χ4n) is 7.51. The van der Waals surface area contributed by atoms with Crippen LogP contribution in [0.1, 0.15) is 78.7 Å². The third-order valence-corrected chi connectivity index (χ3v) is 9.51. The standard InChI is InChI=1S/C44H58N12O4/c1-21(2)57-25-17-18-26(58-22(3)4)30-29(25)37-45-38(30)48-42-35(55(13)14)36(56(15)16)44(52-42)50-40-32-28(60-24(7)8)20-19-27(59-23(5)6)31(32)39(46-40)49-43-34(54(11)12)33(53(9)10)41(47-37)51-43/h17-24H,1-16H3,(H2,45,46,47,48,49,50,51,52). The molecule has 2 aliphatic heterocycles. The molecule has 0 amide bonds. The zero-order chi connectivity index (χ0) is 43.5. The summed E-state index contributed by atoms with van der Waals surface area (Å²) in [6.07, 6.45) is -0.518. The second-order valence-electron chi connectivity index (χ2n) is 16.9. The zero-order valence-electron chi connectivity index (χ0n) is 37.7. The smallest absolute Gasteiger partial charge is 0.182 e. The van der Waals surface area contributed by atoms with Crippen LogP contribution < -0.4 is 18.9 Å². The van der Waals surface area contributed by atoms with E-state index in [1.54, 1.807) is 0 Å². The lowest BCUT2D eigenvalue weighted by molar-refractivity contribution is 0.239. The van der Waals surface area contributed by atoms with Crippen LogP contribution in [0, 0.1) is 0 Å². The molecule has 3 aromatic heterocycles. The first-order valence-corrected chi connectivity index (χ1v) is 20.4. The van der Waals surface area contributed by atoms with Crippen molar-refractivity contribution in [1.82, 2.24) is 59.5 Å². The van der Waals surface area contributed by atoms with Gasteiger partial charge in [-0.1, -0.05) is 0 Å². The summed E-state index contributed by atoms with van der Waals surface area (Å²) in [4.78, 5) is 46.8. The summed E-state index contributed by atoms with van der Waals surface area (Å²) in [5.41, 5.74) is 5.02. The number of fused-ring (bicyclic) bond motifs is 14. The summed E-state index contributed by atoms with van der Waals surface area (Å²) < 4.78 is 25.9. The van der Waals surface area contributed by atoms with Crippen molar-refractivity contribution in [1.29, 1.82) is 0 Å². The van der Waals surface area contributed by atoms with Crippen molar-refractivity contribution in [3.8, 4) is 23.0 Å². The van der Waals surface area contributed by atoms with Crippen molar-refractivity contribution in [2.75, 3.05) is 56.4 Å². The molecule has 0 radical (unpaired) electrons. The van der Waals surface area contributed by atoms with E-state index < -0.39 is 0 Å². The van der Waals surface area contributed by atoms with Gasteiger partial charge in [-0.05, 0) is 79.7 Å². The Bertz CT molecular complexity index is 2350. The summed E-state index contributed by atoms with van der Waals surface area (Å²) in [7, 11) is 15.8. The normalized spacial score (nSPS) is 13.1. The van der Waals surface area contributed by atoms with Crippen molar-refractivity contribution < 1.29 is 18.9 Å². The average Bonchev–Trinajstić information content (AvgIpc) is 3.88. The van der Waals surface area contributed by atoms with E-state index in [1.807, 2.05) is 156 Å². The summed E-state index contributed by atoms with van der Waals surface area (Å²) in [5, 5.41) is 2.80. The fraction of sp³-hybridized carbons (Fsp3) is 0.455. The molecule has 0 saturated carbocycles. The molecule has 0 atom stereocenters. The van der Waals surface area contributed by atoms with E-state index >= 15 is 0 Å². The Morgan fingerprint density at radius 2 is 0.550 bits per heavy atom. The van der Waals surface area contributed by atoms with E-state index in [9.17, 15) is 0 Å². The van der Waals surface area contributed by atoms with Gasteiger partial charge in [0.15, 0.2) is 23.3 Å². The molecule has 16 nitrogen and oxygen atoms in total. The Morgan fingerprint density at radius 1 is 0.350 bits per heavy atom. The number of H-pyrrole nitrogens is 2. The monoisotopic (exact) mass is 818 g/mol. The van der Waals surface area contributed by atoms with Crippen molar-refractivity contribution in [2.24, 2.45) is 0 Å². The highest BCUT2D eigenvalue weighted by atomic mass is 16.5. The first-order chi connectivity index (χ1) is 28.3. The number of aromatic amines is 2. The topological polar surface area (TPSA) is 159 Å². The lowest BCUT2D eigenvalue weighted by Gasteiger charge is -2.20. The molecule has 2 N–H and O–H groups in total. The maximum Gasteiger partial charge on any atom is 0.182 e. The van der Waals surface area contributed by atoms with Gasteiger partial charge >= 0.3 is 0 Å². The van der Waals surface area contributed by atoms with Crippen LogP contribution >= 0.6 is 0 Å². The predicted molar refractivity (Wildman–Crippen MR) is 239 cm³/mol. The minimum Gasteiger partial charge on any atom is -0.490 e. The molecule has 318 valence electrons. The van der Waals surface area contributed by atoms with Gasteiger partial charge in [-0.15, -0.1) is 0 Å². The minimum absolute atomic E-state index is 0.129. The number of hydrogen-bond donors (Lipinski definition) is 2. The van der Waals surface area contributed by atoms with E-state index in [0.717, 1.165) is 22.8 Å². The highest BCUT2D eigenvalue weighted by Crippen LogP contribution is 2.43. The molecule has 0 fully saturated rings. The van der Waals surface area contributed by atoms with E-state index in [-0.39, 0.29) is 24.4 Å². The Kier molecular flexibility index (Phi) is 11.2. The van der Waals surface area contributed by atoms with Crippen LogP contribution in [0.15, 0.2) is 24.3 Å². The Labute approximate surface area is 351 Å². The van der Waals surface area contributed by atoms with Crippen LogP contribution in [0.4, 0.5) is 0 Å². The van der Waals surface area contributed by atoms with E-state index in [2.05, 4.69) is 9.97 Å². The van der Waals surface area contributed by atoms with Crippen LogP contribution in [-0.4, -0.2) is 140 Å².